The van der Waals surface area contributed by atoms with Crippen LogP contribution in [-0.2, 0) is 19.7 Å². The van der Waals surface area contributed by atoms with Crippen LogP contribution in [0.4, 0.5) is 0 Å². The van der Waals surface area contributed by atoms with Gasteiger partial charge in [0.25, 0.3) is 0 Å². The van der Waals surface area contributed by atoms with Crippen LogP contribution in [0.15, 0.2) is 24.3 Å². The molecule has 0 aromatic heterocycles. The van der Waals surface area contributed by atoms with E-state index in [0.717, 1.165) is 5.56 Å². The number of esters is 1. The molecule has 1 aromatic carbocycles. The van der Waals surface area contributed by atoms with Crippen molar-refractivity contribution in [1.82, 2.24) is 0 Å². The predicted molar refractivity (Wildman–Crippen MR) is 64.8 cm³/mol. The molecule has 2 rings (SSSR count). The van der Waals surface area contributed by atoms with Gasteiger partial charge in [0.05, 0.1) is 7.11 Å². The van der Waals surface area contributed by atoms with E-state index in [4.69, 9.17) is 4.74 Å². The van der Waals surface area contributed by atoms with Gasteiger partial charge < -0.3 is 9.47 Å². The topological polar surface area (TPSA) is 38.8 Å². The van der Waals surface area contributed by atoms with Crippen molar-refractivity contribution in [2.24, 2.45) is 0 Å². The molecule has 1 aliphatic heterocycles. The summed E-state index contributed by atoms with van der Waals surface area (Å²) in [6.45, 7) is 6.52. The molecule has 3 nitrogen and oxygen atoms in total. The lowest BCUT2D eigenvalue weighted by molar-refractivity contribution is -0.142. The summed E-state index contributed by atoms with van der Waals surface area (Å²) in [5.74, 6) is -0.296. The van der Waals surface area contributed by atoms with Gasteiger partial charge in [-0.2, -0.15) is 0 Å². The summed E-state index contributed by atoms with van der Waals surface area (Å²) in [6, 6.07) is 8.22. The Kier molecular flexibility index (Phi) is 2.96. The highest BCUT2D eigenvalue weighted by Crippen LogP contribution is 2.39. The van der Waals surface area contributed by atoms with Crippen LogP contribution in [0, 0.1) is 0 Å². The molecule has 1 heterocycles. The van der Waals surface area contributed by atoms with Crippen molar-refractivity contribution in [3.63, 3.8) is 0 Å². The van der Waals surface area contributed by atoms with Crippen molar-refractivity contribution < 1.29 is 14.3 Å². The van der Waals surface area contributed by atoms with Crippen LogP contribution in [0.2, 0.25) is 0 Å². The molecule has 3 heteroatoms. The first-order valence-electron chi connectivity index (χ1n) is 5.77. The van der Waals surface area contributed by atoms with E-state index in [9.17, 15) is 4.79 Å². The Morgan fingerprint density at radius 3 is 2.29 bits per heavy atom. The second kappa shape index (κ2) is 4.15. The predicted octanol–water partition coefficient (Wildman–Crippen LogP) is 2.60. The first-order chi connectivity index (χ1) is 7.93. The van der Waals surface area contributed by atoms with Crippen LogP contribution < -0.4 is 0 Å². The molecule has 0 aliphatic carbocycles. The van der Waals surface area contributed by atoms with Gasteiger partial charge in [-0.1, -0.05) is 45.0 Å². The van der Waals surface area contributed by atoms with Gasteiger partial charge >= 0.3 is 5.97 Å². The Bertz CT molecular complexity index is 414. The van der Waals surface area contributed by atoms with E-state index in [1.165, 1.54) is 12.7 Å². The summed E-state index contributed by atoms with van der Waals surface area (Å²) in [6.07, 6.45) is -0.544. The summed E-state index contributed by atoms with van der Waals surface area (Å²) >= 11 is 0. The zero-order valence-corrected chi connectivity index (χ0v) is 10.7. The van der Waals surface area contributed by atoms with Gasteiger partial charge in [0.15, 0.2) is 6.10 Å². The average molecular weight is 234 g/mol. The Labute approximate surface area is 102 Å². The maximum atomic E-state index is 11.2. The molecule has 0 radical (unpaired) electrons. The average Bonchev–Trinajstić information content (AvgIpc) is 3.07. The number of hydrogen-bond acceptors (Lipinski definition) is 3. The van der Waals surface area contributed by atoms with E-state index in [-0.39, 0.29) is 17.5 Å². The van der Waals surface area contributed by atoms with Crippen LogP contribution in [0.3, 0.4) is 0 Å². The van der Waals surface area contributed by atoms with Gasteiger partial charge in [-0.3, -0.25) is 0 Å². The lowest BCUT2D eigenvalue weighted by Gasteiger charge is -2.18. The van der Waals surface area contributed by atoms with E-state index in [2.05, 4.69) is 37.6 Å². The van der Waals surface area contributed by atoms with E-state index in [0.29, 0.717) is 0 Å². The van der Waals surface area contributed by atoms with Crippen LogP contribution in [0.1, 0.15) is 38.0 Å². The van der Waals surface area contributed by atoms with Crippen molar-refractivity contribution >= 4 is 5.97 Å². The third-order valence-electron chi connectivity index (χ3n) is 3.03. The third kappa shape index (κ3) is 2.50. The smallest absolute Gasteiger partial charge is 0.338 e. The molecular weight excluding hydrogens is 216 g/mol. The first kappa shape index (κ1) is 12.1. The van der Waals surface area contributed by atoms with Gasteiger partial charge in [0.1, 0.15) is 6.10 Å². The minimum absolute atomic E-state index is 0.128. The molecular formula is C14H18O3. The molecule has 0 bridgehead atoms. The molecule has 1 saturated heterocycles. The van der Waals surface area contributed by atoms with Gasteiger partial charge in [0, 0.05) is 0 Å². The van der Waals surface area contributed by atoms with Crippen molar-refractivity contribution in [3.05, 3.63) is 35.4 Å². The fourth-order valence-electron chi connectivity index (χ4n) is 1.83. The summed E-state index contributed by atoms with van der Waals surface area (Å²) in [5, 5.41) is 0. The van der Waals surface area contributed by atoms with E-state index in [1.807, 2.05) is 12.1 Å². The quantitative estimate of drug-likeness (QED) is 0.583. The maximum absolute atomic E-state index is 11.2. The second-order valence-electron chi connectivity index (χ2n) is 5.37. The number of methoxy groups -OCH3 is 1. The van der Waals surface area contributed by atoms with Gasteiger partial charge in [-0.15, -0.1) is 0 Å². The fourth-order valence-corrected chi connectivity index (χ4v) is 1.83. The monoisotopic (exact) mass is 234 g/mol. The molecule has 1 aliphatic rings. The Balaban J connectivity index is 2.08. The normalized spacial score (nSPS) is 23.3. The number of rotatable bonds is 2. The molecule has 0 spiro atoms. The number of ether oxygens (including phenoxy) is 2. The fraction of sp³-hybridized carbons (Fsp3) is 0.500. The van der Waals surface area contributed by atoms with Gasteiger partial charge in [0.2, 0.25) is 0 Å². The SMILES string of the molecule is COC(=O)C1OC1c1ccc(C(C)(C)C)cc1. The maximum Gasteiger partial charge on any atom is 0.338 e. The van der Waals surface area contributed by atoms with E-state index < -0.39 is 6.10 Å². The minimum atomic E-state index is -0.416. The van der Waals surface area contributed by atoms with E-state index >= 15 is 0 Å². The summed E-state index contributed by atoms with van der Waals surface area (Å²) in [4.78, 5) is 11.2. The van der Waals surface area contributed by atoms with Crippen LogP contribution in [0.5, 0.6) is 0 Å². The highest BCUT2D eigenvalue weighted by molar-refractivity contribution is 5.78. The van der Waals surface area contributed by atoms with Crippen LogP contribution in [-0.4, -0.2) is 19.2 Å². The Hall–Kier alpha value is -1.35. The zero-order valence-electron chi connectivity index (χ0n) is 10.7. The molecule has 2 unspecified atom stereocenters. The molecule has 0 amide bonds. The third-order valence-corrected chi connectivity index (χ3v) is 3.03. The summed E-state index contributed by atoms with van der Waals surface area (Å²) < 4.78 is 9.95. The summed E-state index contributed by atoms with van der Waals surface area (Å²) in [7, 11) is 1.38. The highest BCUT2D eigenvalue weighted by Gasteiger charge is 2.47. The molecule has 92 valence electrons. The molecule has 17 heavy (non-hydrogen) atoms. The highest BCUT2D eigenvalue weighted by atomic mass is 16.6. The lowest BCUT2D eigenvalue weighted by Crippen LogP contribution is -2.11. The molecule has 0 saturated carbocycles. The number of hydrogen-bond donors (Lipinski definition) is 0. The molecule has 0 N–H and O–H groups in total. The van der Waals surface area contributed by atoms with Gasteiger partial charge in [-0.25, -0.2) is 4.79 Å². The van der Waals surface area contributed by atoms with Crippen LogP contribution >= 0.6 is 0 Å². The van der Waals surface area contributed by atoms with Crippen molar-refractivity contribution in [2.45, 2.75) is 38.4 Å². The second-order valence-corrected chi connectivity index (χ2v) is 5.37. The van der Waals surface area contributed by atoms with Gasteiger partial charge in [-0.05, 0) is 16.5 Å². The van der Waals surface area contributed by atoms with Crippen molar-refractivity contribution in [2.75, 3.05) is 7.11 Å². The Morgan fingerprint density at radius 2 is 1.82 bits per heavy atom. The molecule has 1 fully saturated rings. The standard InChI is InChI=1S/C14H18O3/c1-14(2,3)10-7-5-9(6-8-10)11-12(17-11)13(15)16-4/h5-8,11-12H,1-4H3. The number of epoxide rings is 1. The lowest BCUT2D eigenvalue weighted by atomic mass is 9.86. The van der Waals surface area contributed by atoms with Crippen molar-refractivity contribution in [1.29, 1.82) is 0 Å². The summed E-state index contributed by atoms with van der Waals surface area (Å²) in [5.41, 5.74) is 2.45. The van der Waals surface area contributed by atoms with Crippen molar-refractivity contribution in [3.8, 4) is 0 Å². The number of carbonyl (C=O) groups excluding carboxylic acids is 1. The number of carbonyl (C=O) groups is 1. The number of benzene rings is 1. The Morgan fingerprint density at radius 1 is 1.24 bits per heavy atom. The first-order valence-corrected chi connectivity index (χ1v) is 5.77. The zero-order chi connectivity index (χ0) is 12.6. The molecule has 2 atom stereocenters. The minimum Gasteiger partial charge on any atom is -0.467 e. The molecule has 1 aromatic rings. The van der Waals surface area contributed by atoms with E-state index in [1.54, 1.807) is 0 Å². The van der Waals surface area contributed by atoms with Crippen LogP contribution in [0.25, 0.3) is 0 Å². The largest absolute Gasteiger partial charge is 0.467 e.